The average Bonchev–Trinajstić information content (AvgIpc) is 2.39. The molecule has 0 saturated carbocycles. The summed E-state index contributed by atoms with van der Waals surface area (Å²) in [5.74, 6) is -1.88. The van der Waals surface area contributed by atoms with E-state index in [2.05, 4.69) is 0 Å². The maximum Gasteiger partial charge on any atom is 0.308 e. The molecule has 2 amide bonds. The maximum absolute atomic E-state index is 12.0. The van der Waals surface area contributed by atoms with Crippen molar-refractivity contribution in [3.05, 3.63) is 0 Å². The van der Waals surface area contributed by atoms with Crippen molar-refractivity contribution in [1.29, 1.82) is 0 Å². The number of carboxylic acid groups (broad SMARTS) is 1. The first-order valence-electron chi connectivity index (χ1n) is 6.19. The van der Waals surface area contributed by atoms with Gasteiger partial charge in [0.05, 0.1) is 12.5 Å². The number of rotatable bonds is 5. The smallest absolute Gasteiger partial charge is 0.308 e. The minimum absolute atomic E-state index is 0.0471. The Kier molecular flexibility index (Phi) is 5.75. The lowest BCUT2D eigenvalue weighted by atomic mass is 9.98. The second-order valence-corrected chi connectivity index (χ2v) is 4.70. The number of likely N-dealkylation sites (N-methyl/N-ethyl adjacent to an activating group) is 1. The zero-order chi connectivity index (χ0) is 14.4. The maximum atomic E-state index is 12.0. The molecule has 1 saturated heterocycles. The molecule has 1 aliphatic heterocycles. The third-order valence-electron chi connectivity index (χ3n) is 3.19. The van der Waals surface area contributed by atoms with Crippen LogP contribution in [0.5, 0.6) is 0 Å². The summed E-state index contributed by atoms with van der Waals surface area (Å²) in [5, 5.41) is 8.96. The highest BCUT2D eigenvalue weighted by Gasteiger charge is 2.28. The molecule has 1 fully saturated rings. The van der Waals surface area contributed by atoms with Gasteiger partial charge in [0, 0.05) is 27.2 Å². The van der Waals surface area contributed by atoms with Crippen LogP contribution in [-0.2, 0) is 19.1 Å². The van der Waals surface area contributed by atoms with Crippen molar-refractivity contribution >= 4 is 17.8 Å². The summed E-state index contributed by atoms with van der Waals surface area (Å²) in [5.41, 5.74) is 0. The fourth-order valence-corrected chi connectivity index (χ4v) is 2.03. The van der Waals surface area contributed by atoms with Crippen molar-refractivity contribution < 1.29 is 24.2 Å². The zero-order valence-corrected chi connectivity index (χ0v) is 11.3. The molecule has 0 spiro atoms. The van der Waals surface area contributed by atoms with Crippen LogP contribution in [0.2, 0.25) is 0 Å². The number of piperidine rings is 1. The van der Waals surface area contributed by atoms with Crippen LogP contribution in [-0.4, -0.2) is 73.1 Å². The molecule has 0 aliphatic carbocycles. The van der Waals surface area contributed by atoms with E-state index in [1.54, 1.807) is 0 Å². The standard InChI is InChI=1S/C12H20N2O5/c1-13(11(16)8-19-2)7-10(15)14-5-3-4-9(6-14)12(17)18/h9H,3-8H2,1-2H3,(H,17,18). The quantitative estimate of drug-likeness (QED) is 0.723. The Bertz CT molecular complexity index is 358. The summed E-state index contributed by atoms with van der Waals surface area (Å²) in [6, 6.07) is 0. The van der Waals surface area contributed by atoms with Gasteiger partial charge in [-0.05, 0) is 12.8 Å². The number of hydrogen-bond acceptors (Lipinski definition) is 4. The van der Waals surface area contributed by atoms with Gasteiger partial charge in [-0.25, -0.2) is 0 Å². The summed E-state index contributed by atoms with van der Waals surface area (Å²) in [6.07, 6.45) is 1.27. The molecule has 108 valence electrons. The van der Waals surface area contributed by atoms with Gasteiger partial charge in [0.15, 0.2) is 0 Å². The van der Waals surface area contributed by atoms with Crippen LogP contribution >= 0.6 is 0 Å². The summed E-state index contributed by atoms with van der Waals surface area (Å²) in [7, 11) is 2.94. The summed E-state index contributed by atoms with van der Waals surface area (Å²) >= 11 is 0. The molecule has 1 unspecified atom stereocenters. The lowest BCUT2D eigenvalue weighted by Crippen LogP contribution is -2.47. The third kappa shape index (κ3) is 4.51. The number of carbonyl (C=O) groups excluding carboxylic acids is 2. The summed E-state index contributed by atoms with van der Waals surface area (Å²) in [6.45, 7) is 0.658. The fraction of sp³-hybridized carbons (Fsp3) is 0.750. The molecular weight excluding hydrogens is 252 g/mol. The molecule has 0 aromatic carbocycles. The van der Waals surface area contributed by atoms with E-state index >= 15 is 0 Å². The van der Waals surface area contributed by atoms with E-state index in [1.165, 1.54) is 24.0 Å². The average molecular weight is 272 g/mol. The van der Waals surface area contributed by atoms with E-state index in [-0.39, 0.29) is 31.5 Å². The first-order valence-corrected chi connectivity index (χ1v) is 6.19. The number of nitrogens with zero attached hydrogens (tertiary/aromatic N) is 2. The van der Waals surface area contributed by atoms with Crippen LogP contribution in [0.25, 0.3) is 0 Å². The molecule has 1 aliphatic rings. The Balaban J connectivity index is 2.48. The van der Waals surface area contributed by atoms with E-state index in [4.69, 9.17) is 9.84 Å². The molecule has 1 rings (SSSR count). The van der Waals surface area contributed by atoms with Crippen LogP contribution in [0, 0.1) is 5.92 Å². The first kappa shape index (κ1) is 15.4. The molecule has 1 atom stereocenters. The Morgan fingerprint density at radius 3 is 2.68 bits per heavy atom. The van der Waals surface area contributed by atoms with Crippen LogP contribution in [0.15, 0.2) is 0 Å². The zero-order valence-electron chi connectivity index (χ0n) is 11.3. The number of carbonyl (C=O) groups is 3. The minimum Gasteiger partial charge on any atom is -0.481 e. The van der Waals surface area contributed by atoms with E-state index < -0.39 is 11.9 Å². The van der Waals surface area contributed by atoms with E-state index in [1.807, 2.05) is 0 Å². The lowest BCUT2D eigenvalue weighted by Gasteiger charge is -2.32. The van der Waals surface area contributed by atoms with Gasteiger partial charge in [0.1, 0.15) is 6.61 Å². The normalized spacial score (nSPS) is 19.1. The van der Waals surface area contributed by atoms with Gasteiger partial charge in [-0.1, -0.05) is 0 Å². The van der Waals surface area contributed by atoms with Crippen molar-refractivity contribution in [2.24, 2.45) is 5.92 Å². The van der Waals surface area contributed by atoms with Gasteiger partial charge in [0.25, 0.3) is 0 Å². The SMILES string of the molecule is COCC(=O)N(C)CC(=O)N1CCCC(C(=O)O)C1. The Morgan fingerprint density at radius 2 is 2.11 bits per heavy atom. The molecule has 0 radical (unpaired) electrons. The Hall–Kier alpha value is -1.63. The van der Waals surface area contributed by atoms with Crippen LogP contribution in [0.3, 0.4) is 0 Å². The molecule has 1 heterocycles. The topological polar surface area (TPSA) is 87.2 Å². The number of aliphatic carboxylic acids is 1. The Morgan fingerprint density at radius 1 is 1.42 bits per heavy atom. The van der Waals surface area contributed by atoms with Crippen molar-refractivity contribution in [2.75, 3.05) is 40.4 Å². The number of methoxy groups -OCH3 is 1. The molecule has 1 N–H and O–H groups in total. The number of carboxylic acids is 1. The Labute approximate surface area is 112 Å². The predicted molar refractivity (Wildman–Crippen MR) is 66.5 cm³/mol. The first-order chi connectivity index (χ1) is 8.95. The minimum atomic E-state index is -0.874. The van der Waals surface area contributed by atoms with Crippen molar-refractivity contribution in [3.63, 3.8) is 0 Å². The lowest BCUT2D eigenvalue weighted by molar-refractivity contribution is -0.147. The second kappa shape index (κ2) is 7.08. The fourth-order valence-electron chi connectivity index (χ4n) is 2.03. The van der Waals surface area contributed by atoms with E-state index in [0.29, 0.717) is 19.4 Å². The van der Waals surface area contributed by atoms with Gasteiger partial charge in [-0.15, -0.1) is 0 Å². The van der Waals surface area contributed by atoms with Gasteiger partial charge in [-0.2, -0.15) is 0 Å². The van der Waals surface area contributed by atoms with E-state index in [0.717, 1.165) is 0 Å². The van der Waals surface area contributed by atoms with Gasteiger partial charge < -0.3 is 19.6 Å². The molecule has 0 bridgehead atoms. The third-order valence-corrected chi connectivity index (χ3v) is 3.19. The number of ether oxygens (including phenoxy) is 1. The van der Waals surface area contributed by atoms with Crippen LogP contribution in [0.4, 0.5) is 0 Å². The van der Waals surface area contributed by atoms with Crippen LogP contribution < -0.4 is 0 Å². The molecular formula is C12H20N2O5. The van der Waals surface area contributed by atoms with E-state index in [9.17, 15) is 14.4 Å². The largest absolute Gasteiger partial charge is 0.481 e. The van der Waals surface area contributed by atoms with Crippen LogP contribution in [0.1, 0.15) is 12.8 Å². The molecule has 0 aromatic heterocycles. The monoisotopic (exact) mass is 272 g/mol. The van der Waals surface area contributed by atoms with Crippen molar-refractivity contribution in [1.82, 2.24) is 9.80 Å². The van der Waals surface area contributed by atoms with Crippen molar-refractivity contribution in [2.45, 2.75) is 12.8 Å². The molecule has 19 heavy (non-hydrogen) atoms. The highest BCUT2D eigenvalue weighted by molar-refractivity contribution is 5.85. The predicted octanol–water partition coefficient (Wildman–Crippen LogP) is -0.586. The van der Waals surface area contributed by atoms with Crippen molar-refractivity contribution in [3.8, 4) is 0 Å². The summed E-state index contributed by atoms with van der Waals surface area (Å²) < 4.78 is 4.71. The van der Waals surface area contributed by atoms with Gasteiger partial charge >= 0.3 is 5.97 Å². The van der Waals surface area contributed by atoms with Gasteiger partial charge in [-0.3, -0.25) is 14.4 Å². The second-order valence-electron chi connectivity index (χ2n) is 4.70. The molecule has 7 heteroatoms. The number of likely N-dealkylation sites (tertiary alicyclic amines) is 1. The number of amides is 2. The molecule has 0 aromatic rings. The highest BCUT2D eigenvalue weighted by Crippen LogP contribution is 2.16. The molecule has 7 nitrogen and oxygen atoms in total. The summed E-state index contributed by atoms with van der Waals surface area (Å²) in [4.78, 5) is 37.2. The number of hydrogen-bond donors (Lipinski definition) is 1. The highest BCUT2D eigenvalue weighted by atomic mass is 16.5. The van der Waals surface area contributed by atoms with Gasteiger partial charge in [0.2, 0.25) is 11.8 Å².